The Hall–Kier alpha value is -2.01. The molecule has 4 nitrogen and oxygen atoms in total. The van der Waals surface area contributed by atoms with E-state index in [2.05, 4.69) is 15.6 Å². The molecular weight excluding hydrogens is 257 g/mol. The van der Waals surface area contributed by atoms with Crippen LogP contribution in [0, 0.1) is 12.7 Å². The normalized spacial score (nSPS) is 12.4. The maximum absolute atomic E-state index is 13.1. The van der Waals surface area contributed by atoms with Gasteiger partial charge < -0.3 is 10.6 Å². The average molecular weight is 275 g/mol. The zero-order valence-electron chi connectivity index (χ0n) is 11.8. The van der Waals surface area contributed by atoms with Crippen molar-refractivity contribution in [1.82, 2.24) is 15.6 Å². The highest BCUT2D eigenvalue weighted by molar-refractivity contribution is 5.98. The molecule has 0 aliphatic heterocycles. The minimum Gasteiger partial charge on any atom is -0.350 e. The third-order valence-electron chi connectivity index (χ3n) is 3.28. The Balaban J connectivity index is 2.27. The predicted molar refractivity (Wildman–Crippen MR) is 77.3 cm³/mol. The lowest BCUT2D eigenvalue weighted by Crippen LogP contribution is -2.37. The Morgan fingerprint density at radius 2 is 2.15 bits per heavy atom. The van der Waals surface area contributed by atoms with Gasteiger partial charge in [-0.15, -0.1) is 0 Å². The molecular formula is C15H18FN3O. The van der Waals surface area contributed by atoms with Gasteiger partial charge in [0, 0.05) is 24.0 Å². The van der Waals surface area contributed by atoms with Crippen LogP contribution >= 0.6 is 0 Å². The first kappa shape index (κ1) is 14.4. The SMILES string of the molecule is CNC(C)CNC(=O)c1cc2ccc(F)cc2nc1C. The molecule has 0 radical (unpaired) electrons. The average Bonchev–Trinajstić information content (AvgIpc) is 2.43. The number of aryl methyl sites for hydroxylation is 1. The molecule has 0 saturated heterocycles. The van der Waals surface area contributed by atoms with Gasteiger partial charge in [-0.1, -0.05) is 0 Å². The van der Waals surface area contributed by atoms with Crippen LogP contribution < -0.4 is 10.6 Å². The summed E-state index contributed by atoms with van der Waals surface area (Å²) in [7, 11) is 1.84. The molecule has 5 heteroatoms. The number of halogens is 1. The maximum atomic E-state index is 13.1. The monoisotopic (exact) mass is 275 g/mol. The van der Waals surface area contributed by atoms with E-state index in [1.165, 1.54) is 12.1 Å². The van der Waals surface area contributed by atoms with Crippen LogP contribution in [-0.4, -0.2) is 30.5 Å². The Morgan fingerprint density at radius 1 is 1.40 bits per heavy atom. The Labute approximate surface area is 117 Å². The molecule has 2 N–H and O–H groups in total. The molecule has 2 aromatic rings. The first-order chi connectivity index (χ1) is 9.51. The number of rotatable bonds is 4. The van der Waals surface area contributed by atoms with Crippen molar-refractivity contribution in [3.63, 3.8) is 0 Å². The largest absolute Gasteiger partial charge is 0.350 e. The van der Waals surface area contributed by atoms with Crippen molar-refractivity contribution in [2.24, 2.45) is 0 Å². The van der Waals surface area contributed by atoms with Crippen LogP contribution in [0.3, 0.4) is 0 Å². The van der Waals surface area contributed by atoms with Crippen LogP contribution in [-0.2, 0) is 0 Å². The standard InChI is InChI=1S/C15H18FN3O/c1-9(17-3)8-18-15(20)13-6-11-4-5-12(16)7-14(11)19-10(13)2/h4-7,9,17H,8H2,1-3H3,(H,18,20). The zero-order chi connectivity index (χ0) is 14.7. The number of aromatic nitrogens is 1. The van der Waals surface area contributed by atoms with E-state index in [9.17, 15) is 9.18 Å². The zero-order valence-corrected chi connectivity index (χ0v) is 11.8. The second kappa shape index (κ2) is 5.96. The highest BCUT2D eigenvalue weighted by Gasteiger charge is 2.12. The summed E-state index contributed by atoms with van der Waals surface area (Å²) < 4.78 is 13.1. The minimum atomic E-state index is -0.329. The van der Waals surface area contributed by atoms with Crippen molar-refractivity contribution in [3.8, 4) is 0 Å². The number of nitrogens with one attached hydrogen (secondary N) is 2. The molecule has 0 bridgehead atoms. The molecule has 2 rings (SSSR count). The summed E-state index contributed by atoms with van der Waals surface area (Å²) in [4.78, 5) is 16.4. The second-order valence-electron chi connectivity index (χ2n) is 4.86. The maximum Gasteiger partial charge on any atom is 0.253 e. The van der Waals surface area contributed by atoms with Crippen molar-refractivity contribution < 1.29 is 9.18 Å². The number of fused-ring (bicyclic) bond motifs is 1. The highest BCUT2D eigenvalue weighted by Crippen LogP contribution is 2.17. The number of carbonyl (C=O) groups is 1. The minimum absolute atomic E-state index is 0.164. The summed E-state index contributed by atoms with van der Waals surface area (Å²) >= 11 is 0. The van der Waals surface area contributed by atoms with Gasteiger partial charge >= 0.3 is 0 Å². The summed E-state index contributed by atoms with van der Waals surface area (Å²) in [5.41, 5.74) is 1.67. The summed E-state index contributed by atoms with van der Waals surface area (Å²) in [6.07, 6.45) is 0. The van der Waals surface area contributed by atoms with E-state index in [0.29, 0.717) is 23.3 Å². The molecule has 1 heterocycles. The molecule has 0 fully saturated rings. The van der Waals surface area contributed by atoms with Gasteiger partial charge in [-0.2, -0.15) is 0 Å². The van der Waals surface area contributed by atoms with E-state index in [-0.39, 0.29) is 17.8 Å². The number of benzene rings is 1. The number of likely N-dealkylation sites (N-methyl/N-ethyl adjacent to an activating group) is 1. The van der Waals surface area contributed by atoms with Gasteiger partial charge in [-0.3, -0.25) is 9.78 Å². The van der Waals surface area contributed by atoms with E-state index in [1.807, 2.05) is 14.0 Å². The van der Waals surface area contributed by atoms with E-state index in [0.717, 1.165) is 5.39 Å². The van der Waals surface area contributed by atoms with Crippen LogP contribution in [0.5, 0.6) is 0 Å². The van der Waals surface area contributed by atoms with Crippen molar-refractivity contribution in [2.75, 3.05) is 13.6 Å². The van der Waals surface area contributed by atoms with Gasteiger partial charge in [0.05, 0.1) is 16.8 Å². The van der Waals surface area contributed by atoms with Gasteiger partial charge in [0.1, 0.15) is 5.82 Å². The van der Waals surface area contributed by atoms with E-state index in [1.54, 1.807) is 19.1 Å². The number of pyridine rings is 1. The van der Waals surface area contributed by atoms with Gasteiger partial charge in [-0.25, -0.2) is 4.39 Å². The predicted octanol–water partition coefficient (Wildman–Crippen LogP) is 2.02. The number of carbonyl (C=O) groups excluding carboxylic acids is 1. The number of hydrogen-bond acceptors (Lipinski definition) is 3. The lowest BCUT2D eigenvalue weighted by molar-refractivity contribution is 0.0949. The van der Waals surface area contributed by atoms with Crippen LogP contribution in [0.4, 0.5) is 4.39 Å². The fourth-order valence-electron chi connectivity index (χ4n) is 1.91. The van der Waals surface area contributed by atoms with Crippen molar-refractivity contribution in [3.05, 3.63) is 41.3 Å². The van der Waals surface area contributed by atoms with Crippen LogP contribution in [0.15, 0.2) is 24.3 Å². The molecule has 0 spiro atoms. The van der Waals surface area contributed by atoms with Crippen molar-refractivity contribution >= 4 is 16.8 Å². The molecule has 0 aliphatic rings. The molecule has 20 heavy (non-hydrogen) atoms. The molecule has 106 valence electrons. The topological polar surface area (TPSA) is 54.0 Å². The number of hydrogen-bond donors (Lipinski definition) is 2. The quantitative estimate of drug-likeness (QED) is 0.897. The Bertz CT molecular complexity index is 642. The summed E-state index contributed by atoms with van der Waals surface area (Å²) in [6, 6.07) is 6.31. The molecule has 1 unspecified atom stereocenters. The molecule has 0 aliphatic carbocycles. The molecule has 1 atom stereocenters. The van der Waals surface area contributed by atoms with Gasteiger partial charge in [-0.05, 0) is 39.1 Å². The third-order valence-corrected chi connectivity index (χ3v) is 3.28. The van der Waals surface area contributed by atoms with E-state index >= 15 is 0 Å². The van der Waals surface area contributed by atoms with Gasteiger partial charge in [0.25, 0.3) is 5.91 Å². The summed E-state index contributed by atoms with van der Waals surface area (Å²) in [5.74, 6) is -0.493. The summed E-state index contributed by atoms with van der Waals surface area (Å²) in [5, 5.41) is 6.65. The first-order valence-corrected chi connectivity index (χ1v) is 6.53. The van der Waals surface area contributed by atoms with Gasteiger partial charge in [0.15, 0.2) is 0 Å². The lowest BCUT2D eigenvalue weighted by atomic mass is 10.1. The Kier molecular flexibility index (Phi) is 4.29. The second-order valence-corrected chi connectivity index (χ2v) is 4.86. The number of amides is 1. The van der Waals surface area contributed by atoms with Crippen LogP contribution in [0.1, 0.15) is 23.0 Å². The lowest BCUT2D eigenvalue weighted by Gasteiger charge is -2.12. The molecule has 0 saturated carbocycles. The fraction of sp³-hybridized carbons (Fsp3) is 0.333. The molecule has 1 amide bonds. The van der Waals surface area contributed by atoms with E-state index in [4.69, 9.17) is 0 Å². The fourth-order valence-corrected chi connectivity index (χ4v) is 1.91. The third kappa shape index (κ3) is 3.11. The van der Waals surface area contributed by atoms with Crippen molar-refractivity contribution in [2.45, 2.75) is 19.9 Å². The first-order valence-electron chi connectivity index (χ1n) is 6.53. The van der Waals surface area contributed by atoms with Crippen molar-refractivity contribution in [1.29, 1.82) is 0 Å². The van der Waals surface area contributed by atoms with E-state index < -0.39 is 0 Å². The highest BCUT2D eigenvalue weighted by atomic mass is 19.1. The molecule has 1 aromatic heterocycles. The number of nitrogens with zero attached hydrogens (tertiary/aromatic N) is 1. The van der Waals surface area contributed by atoms with Gasteiger partial charge in [0.2, 0.25) is 0 Å². The Morgan fingerprint density at radius 3 is 2.85 bits per heavy atom. The van der Waals surface area contributed by atoms with Crippen LogP contribution in [0.25, 0.3) is 10.9 Å². The van der Waals surface area contributed by atoms with Crippen LogP contribution in [0.2, 0.25) is 0 Å². The molecule has 1 aromatic carbocycles. The smallest absolute Gasteiger partial charge is 0.253 e. The summed E-state index contributed by atoms with van der Waals surface area (Å²) in [6.45, 7) is 4.27.